The Labute approximate surface area is 173 Å². The molecule has 4 rings (SSSR count). The molecule has 1 N–H and O–H groups in total. The van der Waals surface area contributed by atoms with Crippen LogP contribution in [-0.4, -0.2) is 56.0 Å². The molecule has 2 aromatic carbocycles. The number of fused-ring (bicyclic) bond motifs is 1. The average molecular weight is 394 g/mol. The van der Waals surface area contributed by atoms with Gasteiger partial charge in [0.2, 0.25) is 0 Å². The predicted octanol–water partition coefficient (Wildman–Crippen LogP) is 3.25. The molecule has 5 heteroatoms. The van der Waals surface area contributed by atoms with E-state index < -0.39 is 0 Å². The monoisotopic (exact) mass is 393 g/mol. The molecule has 1 aliphatic carbocycles. The highest BCUT2D eigenvalue weighted by Gasteiger charge is 2.28. The smallest absolute Gasteiger partial charge is 0.251 e. The molecule has 1 saturated heterocycles. The van der Waals surface area contributed by atoms with Gasteiger partial charge in [0.05, 0.1) is 7.11 Å². The number of benzene rings is 2. The van der Waals surface area contributed by atoms with Crippen LogP contribution in [0.15, 0.2) is 42.5 Å². The third kappa shape index (κ3) is 4.62. The number of methoxy groups -OCH3 is 1. The summed E-state index contributed by atoms with van der Waals surface area (Å²) in [5.74, 6) is 0.791. The molecule has 1 unspecified atom stereocenters. The van der Waals surface area contributed by atoms with E-state index in [9.17, 15) is 4.79 Å². The zero-order chi connectivity index (χ0) is 20.2. The summed E-state index contributed by atoms with van der Waals surface area (Å²) in [5, 5.41) is 3.06. The van der Waals surface area contributed by atoms with Crippen molar-refractivity contribution >= 4 is 5.91 Å². The van der Waals surface area contributed by atoms with Crippen molar-refractivity contribution in [3.05, 3.63) is 64.7 Å². The highest BCUT2D eigenvalue weighted by atomic mass is 16.5. The van der Waals surface area contributed by atoms with Gasteiger partial charge in [0.15, 0.2) is 0 Å². The van der Waals surface area contributed by atoms with Crippen molar-refractivity contribution in [1.29, 1.82) is 0 Å². The fourth-order valence-corrected chi connectivity index (χ4v) is 4.50. The Morgan fingerprint density at radius 3 is 2.76 bits per heavy atom. The van der Waals surface area contributed by atoms with E-state index in [0.29, 0.717) is 12.6 Å². The Bertz CT molecular complexity index is 859. The highest BCUT2D eigenvalue weighted by Crippen LogP contribution is 2.35. The summed E-state index contributed by atoms with van der Waals surface area (Å²) in [6.07, 6.45) is 3.53. The lowest BCUT2D eigenvalue weighted by molar-refractivity contribution is 0.0947. The number of aryl methyl sites for hydroxylation is 1. The lowest BCUT2D eigenvalue weighted by Crippen LogP contribution is -2.46. The van der Waals surface area contributed by atoms with E-state index in [0.717, 1.165) is 49.5 Å². The maximum absolute atomic E-state index is 12.8. The number of piperazine rings is 1. The third-order valence-electron chi connectivity index (χ3n) is 6.26. The SMILES string of the molecule is COc1cccc(CNC(=O)c2ccc3c(c2)C(N2CCN(C)CC2)CCC3)c1. The van der Waals surface area contributed by atoms with Gasteiger partial charge in [-0.25, -0.2) is 0 Å². The molecule has 0 spiro atoms. The van der Waals surface area contributed by atoms with Crippen molar-refractivity contribution in [2.75, 3.05) is 40.3 Å². The topological polar surface area (TPSA) is 44.8 Å². The van der Waals surface area contributed by atoms with Gasteiger partial charge in [-0.1, -0.05) is 18.2 Å². The Morgan fingerprint density at radius 1 is 1.14 bits per heavy atom. The molecule has 0 saturated carbocycles. The average Bonchev–Trinajstić information content (AvgIpc) is 2.77. The molecule has 1 fully saturated rings. The van der Waals surface area contributed by atoms with Gasteiger partial charge < -0.3 is 15.0 Å². The van der Waals surface area contributed by atoms with Crippen molar-refractivity contribution in [3.63, 3.8) is 0 Å². The second-order valence-corrected chi connectivity index (χ2v) is 8.20. The van der Waals surface area contributed by atoms with Gasteiger partial charge in [0, 0.05) is 44.3 Å². The quantitative estimate of drug-likeness (QED) is 0.847. The summed E-state index contributed by atoms with van der Waals surface area (Å²) in [5.41, 5.74) is 4.55. The zero-order valence-corrected chi connectivity index (χ0v) is 17.5. The Kier molecular flexibility index (Phi) is 6.16. The number of amides is 1. The van der Waals surface area contributed by atoms with Gasteiger partial charge in [0.25, 0.3) is 5.91 Å². The summed E-state index contributed by atoms with van der Waals surface area (Å²) < 4.78 is 5.26. The van der Waals surface area contributed by atoms with E-state index in [1.54, 1.807) is 7.11 Å². The number of hydrogen-bond donors (Lipinski definition) is 1. The molecular weight excluding hydrogens is 362 g/mol. The van der Waals surface area contributed by atoms with Gasteiger partial charge in [-0.2, -0.15) is 0 Å². The molecule has 2 aliphatic rings. The van der Waals surface area contributed by atoms with Crippen LogP contribution in [0.1, 0.15) is 45.9 Å². The number of nitrogens with zero attached hydrogens (tertiary/aromatic N) is 2. The van der Waals surface area contributed by atoms with Crippen LogP contribution in [0.4, 0.5) is 0 Å². The second kappa shape index (κ2) is 8.97. The molecule has 154 valence electrons. The molecule has 1 aliphatic heterocycles. The number of hydrogen-bond acceptors (Lipinski definition) is 4. The highest BCUT2D eigenvalue weighted by molar-refractivity contribution is 5.94. The van der Waals surface area contributed by atoms with Crippen LogP contribution in [0.25, 0.3) is 0 Å². The third-order valence-corrected chi connectivity index (χ3v) is 6.26. The van der Waals surface area contributed by atoms with Gasteiger partial charge in [-0.3, -0.25) is 9.69 Å². The van der Waals surface area contributed by atoms with E-state index in [4.69, 9.17) is 4.74 Å². The predicted molar refractivity (Wildman–Crippen MR) is 115 cm³/mol. The van der Waals surface area contributed by atoms with Gasteiger partial charge >= 0.3 is 0 Å². The van der Waals surface area contributed by atoms with E-state index in [1.165, 1.54) is 24.0 Å². The van der Waals surface area contributed by atoms with Crippen LogP contribution >= 0.6 is 0 Å². The van der Waals surface area contributed by atoms with Crippen LogP contribution in [0.2, 0.25) is 0 Å². The van der Waals surface area contributed by atoms with Crippen LogP contribution in [-0.2, 0) is 13.0 Å². The minimum Gasteiger partial charge on any atom is -0.497 e. The summed E-state index contributed by atoms with van der Waals surface area (Å²) in [6, 6.07) is 14.5. The molecule has 1 amide bonds. The lowest BCUT2D eigenvalue weighted by atomic mass is 9.85. The maximum atomic E-state index is 12.8. The first-order valence-electron chi connectivity index (χ1n) is 10.6. The molecule has 0 bridgehead atoms. The van der Waals surface area contributed by atoms with Crippen LogP contribution in [0.3, 0.4) is 0 Å². The molecule has 0 aromatic heterocycles. The summed E-state index contributed by atoms with van der Waals surface area (Å²) >= 11 is 0. The Morgan fingerprint density at radius 2 is 1.97 bits per heavy atom. The van der Waals surface area contributed by atoms with E-state index in [-0.39, 0.29) is 5.91 Å². The fraction of sp³-hybridized carbons (Fsp3) is 0.458. The minimum absolute atomic E-state index is 0.0154. The Hall–Kier alpha value is -2.37. The number of carbonyl (C=O) groups excluding carboxylic acids is 1. The van der Waals surface area contributed by atoms with Crippen molar-refractivity contribution in [2.45, 2.75) is 31.8 Å². The fourth-order valence-electron chi connectivity index (χ4n) is 4.50. The molecule has 29 heavy (non-hydrogen) atoms. The first-order valence-corrected chi connectivity index (χ1v) is 10.6. The molecule has 1 heterocycles. The summed E-state index contributed by atoms with van der Waals surface area (Å²) in [6.45, 7) is 4.94. The molecular formula is C24H31N3O2. The number of ether oxygens (including phenoxy) is 1. The molecule has 5 nitrogen and oxygen atoms in total. The van der Waals surface area contributed by atoms with Crippen molar-refractivity contribution < 1.29 is 9.53 Å². The van der Waals surface area contributed by atoms with Crippen molar-refractivity contribution in [3.8, 4) is 5.75 Å². The van der Waals surface area contributed by atoms with Gasteiger partial charge in [0.1, 0.15) is 5.75 Å². The van der Waals surface area contributed by atoms with Crippen LogP contribution in [0.5, 0.6) is 5.75 Å². The molecule has 0 radical (unpaired) electrons. The first-order chi connectivity index (χ1) is 14.1. The number of carbonyl (C=O) groups is 1. The van der Waals surface area contributed by atoms with Crippen LogP contribution in [0, 0.1) is 0 Å². The maximum Gasteiger partial charge on any atom is 0.251 e. The zero-order valence-electron chi connectivity index (χ0n) is 17.5. The number of nitrogens with one attached hydrogen (secondary N) is 1. The minimum atomic E-state index is -0.0154. The van der Waals surface area contributed by atoms with Crippen LogP contribution < -0.4 is 10.1 Å². The Balaban J connectivity index is 1.47. The molecule has 1 atom stereocenters. The summed E-state index contributed by atoms with van der Waals surface area (Å²) in [7, 11) is 3.85. The first kappa shape index (κ1) is 19.9. The normalized spacial score (nSPS) is 20.1. The molecule has 2 aromatic rings. The number of likely N-dealkylation sites (N-methyl/N-ethyl adjacent to an activating group) is 1. The van der Waals surface area contributed by atoms with Gasteiger partial charge in [-0.05, 0) is 67.3 Å². The number of rotatable bonds is 5. The van der Waals surface area contributed by atoms with E-state index in [1.807, 2.05) is 30.3 Å². The largest absolute Gasteiger partial charge is 0.497 e. The van der Waals surface area contributed by atoms with Gasteiger partial charge in [-0.15, -0.1) is 0 Å². The summed E-state index contributed by atoms with van der Waals surface area (Å²) in [4.78, 5) is 17.8. The lowest BCUT2D eigenvalue weighted by Gasteiger charge is -2.40. The standard InChI is InChI=1S/C24H31N3O2/c1-26-11-13-27(14-12-26)23-8-4-6-19-9-10-20(16-22(19)23)24(28)25-17-18-5-3-7-21(15-18)29-2/h3,5,7,9-10,15-16,23H,4,6,8,11-14,17H2,1-2H3,(H,25,28). The van der Waals surface area contributed by atoms with E-state index >= 15 is 0 Å². The van der Waals surface area contributed by atoms with E-state index in [2.05, 4.69) is 34.3 Å². The van der Waals surface area contributed by atoms with Crippen molar-refractivity contribution in [2.24, 2.45) is 0 Å². The second-order valence-electron chi connectivity index (χ2n) is 8.20. The van der Waals surface area contributed by atoms with Crippen molar-refractivity contribution in [1.82, 2.24) is 15.1 Å².